The second-order valence-corrected chi connectivity index (χ2v) is 6.11. The van der Waals surface area contributed by atoms with Gasteiger partial charge in [-0.25, -0.2) is 0 Å². The van der Waals surface area contributed by atoms with Gasteiger partial charge in [-0.15, -0.1) is 0 Å². The van der Waals surface area contributed by atoms with Crippen LogP contribution in [0.4, 0.5) is 0 Å². The van der Waals surface area contributed by atoms with Crippen LogP contribution in [0.5, 0.6) is 0 Å². The van der Waals surface area contributed by atoms with Crippen LogP contribution in [-0.2, 0) is 9.53 Å². The zero-order chi connectivity index (χ0) is 12.6. The van der Waals surface area contributed by atoms with Crippen LogP contribution >= 0.6 is 0 Å². The van der Waals surface area contributed by atoms with Crippen molar-refractivity contribution in [3.63, 3.8) is 0 Å². The van der Waals surface area contributed by atoms with E-state index in [0.29, 0.717) is 13.1 Å². The van der Waals surface area contributed by atoms with E-state index in [1.165, 1.54) is 0 Å². The van der Waals surface area contributed by atoms with Crippen LogP contribution in [0, 0.1) is 5.92 Å². The molecule has 1 aliphatic carbocycles. The molecule has 0 aromatic heterocycles. The molecule has 0 aromatic carbocycles. The predicted octanol–water partition coefficient (Wildman–Crippen LogP) is 1.14. The molecule has 4 nitrogen and oxygen atoms in total. The number of nitrogens with zero attached hydrogens (tertiary/aromatic N) is 1. The van der Waals surface area contributed by atoms with Gasteiger partial charge in [0.15, 0.2) is 0 Å². The maximum atomic E-state index is 12.4. The van der Waals surface area contributed by atoms with E-state index in [-0.39, 0.29) is 29.6 Å². The van der Waals surface area contributed by atoms with Gasteiger partial charge in [-0.1, -0.05) is 6.42 Å². The molecule has 1 amide bonds. The Morgan fingerprint density at radius 2 is 2.12 bits per heavy atom. The first-order chi connectivity index (χ1) is 7.89. The Kier molecular flexibility index (Phi) is 3.46. The minimum atomic E-state index is -0.240. The van der Waals surface area contributed by atoms with Crippen molar-refractivity contribution < 1.29 is 9.53 Å². The minimum Gasteiger partial charge on any atom is -0.369 e. The second kappa shape index (κ2) is 4.58. The zero-order valence-corrected chi connectivity index (χ0v) is 11.1. The third-order valence-corrected chi connectivity index (χ3v) is 3.77. The van der Waals surface area contributed by atoms with Crippen LogP contribution in [0.25, 0.3) is 0 Å². The molecule has 0 bridgehead atoms. The normalized spacial score (nSPS) is 37.2. The Balaban J connectivity index is 2.03. The van der Waals surface area contributed by atoms with E-state index in [0.717, 1.165) is 19.3 Å². The van der Waals surface area contributed by atoms with Gasteiger partial charge in [0.2, 0.25) is 5.91 Å². The highest BCUT2D eigenvalue weighted by Crippen LogP contribution is 2.28. The molecule has 0 aromatic rings. The van der Waals surface area contributed by atoms with Gasteiger partial charge in [-0.05, 0) is 33.6 Å². The Labute approximate surface area is 103 Å². The molecule has 4 heteroatoms. The first kappa shape index (κ1) is 12.8. The molecule has 98 valence electrons. The van der Waals surface area contributed by atoms with Gasteiger partial charge in [0.05, 0.1) is 17.6 Å². The summed E-state index contributed by atoms with van der Waals surface area (Å²) in [6.45, 7) is 7.48. The number of rotatable bonds is 1. The quantitative estimate of drug-likeness (QED) is 0.748. The molecular weight excluding hydrogens is 216 g/mol. The molecule has 0 radical (unpaired) electrons. The van der Waals surface area contributed by atoms with Gasteiger partial charge in [0.1, 0.15) is 0 Å². The van der Waals surface area contributed by atoms with Crippen molar-refractivity contribution >= 4 is 5.91 Å². The fourth-order valence-corrected chi connectivity index (χ4v) is 3.15. The maximum absolute atomic E-state index is 12.4. The van der Waals surface area contributed by atoms with Crippen molar-refractivity contribution in [2.75, 3.05) is 13.1 Å². The molecule has 2 rings (SSSR count). The van der Waals surface area contributed by atoms with E-state index in [1.807, 2.05) is 25.7 Å². The molecule has 2 aliphatic rings. The van der Waals surface area contributed by atoms with Gasteiger partial charge in [-0.2, -0.15) is 0 Å². The number of carbonyl (C=O) groups excluding carboxylic acids is 1. The number of nitrogens with two attached hydrogens (primary N) is 1. The van der Waals surface area contributed by atoms with Crippen molar-refractivity contribution in [1.29, 1.82) is 0 Å². The summed E-state index contributed by atoms with van der Waals surface area (Å²) in [5.74, 6) is 0.273. The Hall–Kier alpha value is -0.610. The van der Waals surface area contributed by atoms with Crippen molar-refractivity contribution in [2.24, 2.45) is 11.7 Å². The highest BCUT2D eigenvalue weighted by Gasteiger charge is 2.39. The fraction of sp³-hybridized carbons (Fsp3) is 0.923. The summed E-state index contributed by atoms with van der Waals surface area (Å²) >= 11 is 0. The van der Waals surface area contributed by atoms with Crippen LogP contribution in [0.15, 0.2) is 0 Å². The fourth-order valence-electron chi connectivity index (χ4n) is 3.15. The highest BCUT2D eigenvalue weighted by atomic mass is 16.5. The number of hydrogen-bond donors (Lipinski definition) is 1. The van der Waals surface area contributed by atoms with Gasteiger partial charge < -0.3 is 15.4 Å². The minimum absolute atomic E-state index is 0.0381. The monoisotopic (exact) mass is 240 g/mol. The number of ether oxygens (including phenoxy) is 1. The third-order valence-electron chi connectivity index (χ3n) is 3.77. The van der Waals surface area contributed by atoms with Crippen LogP contribution in [0.3, 0.4) is 0 Å². The first-order valence-electron chi connectivity index (χ1n) is 6.61. The highest BCUT2D eigenvalue weighted by molar-refractivity contribution is 5.80. The lowest BCUT2D eigenvalue weighted by Gasteiger charge is -2.42. The summed E-state index contributed by atoms with van der Waals surface area (Å²) in [6, 6.07) is 0.0590. The third kappa shape index (κ3) is 2.80. The lowest BCUT2D eigenvalue weighted by molar-refractivity contribution is -0.161. The summed E-state index contributed by atoms with van der Waals surface area (Å²) in [5.41, 5.74) is 5.77. The summed E-state index contributed by atoms with van der Waals surface area (Å²) in [7, 11) is 0. The predicted molar refractivity (Wildman–Crippen MR) is 66.5 cm³/mol. The number of amides is 1. The second-order valence-electron chi connectivity index (χ2n) is 6.11. The molecule has 1 aliphatic heterocycles. The van der Waals surface area contributed by atoms with Gasteiger partial charge in [0.25, 0.3) is 0 Å². The van der Waals surface area contributed by atoms with Crippen molar-refractivity contribution in [3.8, 4) is 0 Å². The van der Waals surface area contributed by atoms with Crippen molar-refractivity contribution in [3.05, 3.63) is 0 Å². The summed E-state index contributed by atoms with van der Waals surface area (Å²) < 4.78 is 5.82. The summed E-state index contributed by atoms with van der Waals surface area (Å²) in [5, 5.41) is 0. The van der Waals surface area contributed by atoms with Crippen LogP contribution in [0.2, 0.25) is 0 Å². The Morgan fingerprint density at radius 3 is 2.65 bits per heavy atom. The topological polar surface area (TPSA) is 55.6 Å². The lowest BCUT2D eigenvalue weighted by Crippen LogP contribution is -2.56. The maximum Gasteiger partial charge on any atom is 0.227 e. The average molecular weight is 240 g/mol. The summed E-state index contributed by atoms with van der Waals surface area (Å²) in [4.78, 5) is 14.4. The van der Waals surface area contributed by atoms with E-state index >= 15 is 0 Å². The van der Waals surface area contributed by atoms with Crippen molar-refractivity contribution in [2.45, 2.75) is 57.8 Å². The SMILES string of the molecule is C[C@@H]1CN(C(=O)[C@@H]2CCC[C@H]2N)CC(C)(C)O1. The number of morpholine rings is 1. The lowest BCUT2D eigenvalue weighted by atomic mass is 9.99. The van der Waals surface area contributed by atoms with Gasteiger partial charge in [0, 0.05) is 19.1 Å². The molecule has 2 fully saturated rings. The summed E-state index contributed by atoms with van der Waals surface area (Å²) in [6.07, 6.45) is 3.13. The first-order valence-corrected chi connectivity index (χ1v) is 6.61. The van der Waals surface area contributed by atoms with Crippen LogP contribution in [-0.4, -0.2) is 41.6 Å². The van der Waals surface area contributed by atoms with Gasteiger partial charge in [-0.3, -0.25) is 4.79 Å². The van der Waals surface area contributed by atoms with Crippen LogP contribution < -0.4 is 5.73 Å². The molecule has 0 spiro atoms. The Morgan fingerprint density at radius 1 is 1.41 bits per heavy atom. The largest absolute Gasteiger partial charge is 0.369 e. The molecule has 1 saturated heterocycles. The molecule has 0 unspecified atom stereocenters. The molecular formula is C13H24N2O2. The molecule has 17 heavy (non-hydrogen) atoms. The molecule has 3 atom stereocenters. The van der Waals surface area contributed by atoms with E-state index in [9.17, 15) is 4.79 Å². The van der Waals surface area contributed by atoms with E-state index in [1.54, 1.807) is 0 Å². The standard InChI is InChI=1S/C13H24N2O2/c1-9-7-15(8-13(2,3)17-9)12(16)10-5-4-6-11(10)14/h9-11H,4-8,14H2,1-3H3/t9-,10-,11-/m1/s1. The molecule has 1 heterocycles. The van der Waals surface area contributed by atoms with Gasteiger partial charge >= 0.3 is 0 Å². The van der Waals surface area contributed by atoms with E-state index in [4.69, 9.17) is 10.5 Å². The Bertz CT molecular complexity index is 304. The molecule has 1 saturated carbocycles. The average Bonchev–Trinajstić information content (AvgIpc) is 2.60. The smallest absolute Gasteiger partial charge is 0.227 e. The molecule has 2 N–H and O–H groups in total. The van der Waals surface area contributed by atoms with E-state index < -0.39 is 0 Å². The van der Waals surface area contributed by atoms with E-state index in [2.05, 4.69) is 0 Å². The van der Waals surface area contributed by atoms with Crippen molar-refractivity contribution in [1.82, 2.24) is 4.90 Å². The number of hydrogen-bond acceptors (Lipinski definition) is 3. The number of carbonyl (C=O) groups is 1. The van der Waals surface area contributed by atoms with Crippen LogP contribution in [0.1, 0.15) is 40.0 Å². The zero-order valence-electron chi connectivity index (χ0n) is 11.1.